The molecule has 0 saturated heterocycles. The number of aromatic nitrogens is 3. The van der Waals surface area contributed by atoms with Crippen LogP contribution in [0.15, 0.2) is 66.9 Å². The van der Waals surface area contributed by atoms with Gasteiger partial charge < -0.3 is 16.4 Å². The second-order valence-corrected chi connectivity index (χ2v) is 8.76. The summed E-state index contributed by atoms with van der Waals surface area (Å²) >= 11 is 12.6. The van der Waals surface area contributed by atoms with Gasteiger partial charge in [0.25, 0.3) is 11.8 Å². The zero-order valence-corrected chi connectivity index (χ0v) is 20.5. The lowest BCUT2D eigenvalue weighted by molar-refractivity contribution is 0.0945. The number of hydrogen-bond acceptors (Lipinski definition) is 5. The van der Waals surface area contributed by atoms with E-state index in [0.29, 0.717) is 5.69 Å². The highest BCUT2D eigenvalue weighted by atomic mass is 35.5. The number of carbonyl (C=O) groups excluding carboxylic acids is 2. The molecule has 0 radical (unpaired) electrons. The standard InChI is InChI=1S/C25H21Cl2FN6O2/c1-14(29)13-31-25(36)21-12-22(34(33-21)15-6-3-2-4-7-15)32-24(35)17-10-16(18(26)11-19(17)27)23-20(28)8-5-9-30-23/h2-12,14H,13,29H2,1H3,(H,31,36)(H,32,35)/t14-/m1/s1. The van der Waals surface area contributed by atoms with E-state index in [4.69, 9.17) is 28.9 Å². The van der Waals surface area contributed by atoms with Gasteiger partial charge >= 0.3 is 0 Å². The van der Waals surface area contributed by atoms with Gasteiger partial charge in [-0.05, 0) is 43.3 Å². The van der Waals surface area contributed by atoms with E-state index in [2.05, 4.69) is 20.7 Å². The number of amides is 2. The van der Waals surface area contributed by atoms with Crippen LogP contribution in [-0.4, -0.2) is 39.2 Å². The molecule has 8 nitrogen and oxygen atoms in total. The molecule has 0 aliphatic rings. The van der Waals surface area contributed by atoms with Gasteiger partial charge in [0.05, 0.1) is 21.3 Å². The first-order chi connectivity index (χ1) is 17.2. The van der Waals surface area contributed by atoms with Crippen molar-refractivity contribution in [2.24, 2.45) is 5.73 Å². The Kier molecular flexibility index (Phi) is 7.64. The maximum atomic E-state index is 14.4. The molecule has 0 saturated carbocycles. The monoisotopic (exact) mass is 526 g/mol. The van der Waals surface area contributed by atoms with E-state index >= 15 is 0 Å². The van der Waals surface area contributed by atoms with E-state index in [9.17, 15) is 14.0 Å². The highest BCUT2D eigenvalue weighted by Crippen LogP contribution is 2.33. The molecule has 4 rings (SSSR count). The van der Waals surface area contributed by atoms with Crippen molar-refractivity contribution in [3.8, 4) is 16.9 Å². The van der Waals surface area contributed by atoms with Gasteiger partial charge in [0.2, 0.25) is 0 Å². The van der Waals surface area contributed by atoms with Crippen LogP contribution in [0.25, 0.3) is 16.9 Å². The first-order valence-electron chi connectivity index (χ1n) is 10.8. The fourth-order valence-corrected chi connectivity index (χ4v) is 3.92. The molecule has 0 aliphatic carbocycles. The Hall–Kier alpha value is -3.79. The van der Waals surface area contributed by atoms with Crippen molar-refractivity contribution >= 4 is 40.8 Å². The van der Waals surface area contributed by atoms with E-state index in [1.165, 1.54) is 41.2 Å². The lowest BCUT2D eigenvalue weighted by Crippen LogP contribution is -2.35. The molecule has 11 heteroatoms. The normalized spacial score (nSPS) is 11.7. The first-order valence-corrected chi connectivity index (χ1v) is 11.6. The molecule has 2 aromatic heterocycles. The summed E-state index contributed by atoms with van der Waals surface area (Å²) in [5, 5.41) is 9.97. The smallest absolute Gasteiger partial charge is 0.271 e. The van der Waals surface area contributed by atoms with Crippen molar-refractivity contribution in [1.29, 1.82) is 0 Å². The Morgan fingerprint density at radius 2 is 1.81 bits per heavy atom. The Bertz CT molecular complexity index is 1430. The van der Waals surface area contributed by atoms with Crippen molar-refractivity contribution in [2.75, 3.05) is 11.9 Å². The van der Waals surface area contributed by atoms with E-state index in [1.54, 1.807) is 31.2 Å². The van der Waals surface area contributed by atoms with Gasteiger partial charge in [-0.25, -0.2) is 9.07 Å². The third kappa shape index (κ3) is 5.54. The molecule has 0 unspecified atom stereocenters. The summed E-state index contributed by atoms with van der Waals surface area (Å²) in [5.74, 6) is -1.45. The molecular formula is C25H21Cl2FN6O2. The van der Waals surface area contributed by atoms with Crippen molar-refractivity contribution in [2.45, 2.75) is 13.0 Å². The first kappa shape index (κ1) is 25.3. The zero-order chi connectivity index (χ0) is 25.8. The van der Waals surface area contributed by atoms with Gasteiger partial charge in [-0.3, -0.25) is 14.6 Å². The average Bonchev–Trinajstić information content (AvgIpc) is 3.27. The summed E-state index contributed by atoms with van der Waals surface area (Å²) in [6, 6.07) is 15.5. The third-order valence-electron chi connectivity index (χ3n) is 5.08. The minimum absolute atomic E-state index is 0.0179. The van der Waals surface area contributed by atoms with Crippen LogP contribution in [0, 0.1) is 5.82 Å². The fraction of sp³-hybridized carbons (Fsp3) is 0.120. The number of anilines is 1. The summed E-state index contributed by atoms with van der Waals surface area (Å²) in [5.41, 5.74) is 6.62. The molecule has 0 bridgehead atoms. The topological polar surface area (TPSA) is 115 Å². The van der Waals surface area contributed by atoms with Gasteiger partial charge in [-0.1, -0.05) is 41.4 Å². The fourth-order valence-electron chi connectivity index (χ4n) is 3.36. The maximum Gasteiger partial charge on any atom is 0.271 e. The van der Waals surface area contributed by atoms with Crippen LogP contribution in [0.3, 0.4) is 0 Å². The van der Waals surface area contributed by atoms with Gasteiger partial charge in [0.1, 0.15) is 17.3 Å². The second-order valence-electron chi connectivity index (χ2n) is 7.95. The number of rotatable bonds is 7. The van der Waals surface area contributed by atoms with Crippen LogP contribution in [-0.2, 0) is 0 Å². The Labute approximate surface area is 216 Å². The largest absolute Gasteiger partial charge is 0.349 e. The van der Waals surface area contributed by atoms with Crippen LogP contribution >= 0.6 is 23.2 Å². The zero-order valence-electron chi connectivity index (χ0n) is 19.0. The molecule has 2 heterocycles. The highest BCUT2D eigenvalue weighted by molar-refractivity contribution is 6.38. The summed E-state index contributed by atoms with van der Waals surface area (Å²) in [7, 11) is 0. The number of nitrogens with zero attached hydrogens (tertiary/aromatic N) is 3. The highest BCUT2D eigenvalue weighted by Gasteiger charge is 2.21. The number of pyridine rings is 1. The van der Waals surface area contributed by atoms with Crippen LogP contribution in [0.1, 0.15) is 27.8 Å². The molecule has 0 fully saturated rings. The number of halogens is 3. The van der Waals surface area contributed by atoms with E-state index in [-0.39, 0.29) is 51.0 Å². The third-order valence-corrected chi connectivity index (χ3v) is 5.71. The van der Waals surface area contributed by atoms with Gasteiger partial charge in [0, 0.05) is 30.4 Å². The Balaban J connectivity index is 1.71. The summed E-state index contributed by atoms with van der Waals surface area (Å²) in [6.07, 6.45) is 1.42. The van der Waals surface area contributed by atoms with Gasteiger partial charge in [0.15, 0.2) is 5.69 Å². The number of nitrogens with one attached hydrogen (secondary N) is 2. The number of para-hydroxylation sites is 1. The quantitative estimate of drug-likeness (QED) is 0.322. The number of carbonyl (C=O) groups is 2. The summed E-state index contributed by atoms with van der Waals surface area (Å²) < 4.78 is 15.8. The van der Waals surface area contributed by atoms with Gasteiger partial charge in [-0.15, -0.1) is 0 Å². The van der Waals surface area contributed by atoms with Crippen molar-refractivity contribution in [3.05, 3.63) is 94.0 Å². The average molecular weight is 527 g/mol. The van der Waals surface area contributed by atoms with E-state index < -0.39 is 17.6 Å². The molecule has 0 spiro atoms. The van der Waals surface area contributed by atoms with Crippen LogP contribution in [0.2, 0.25) is 10.0 Å². The second kappa shape index (κ2) is 10.9. The van der Waals surface area contributed by atoms with Crippen LogP contribution in [0.4, 0.5) is 10.2 Å². The van der Waals surface area contributed by atoms with Crippen LogP contribution < -0.4 is 16.4 Å². The minimum atomic E-state index is -0.617. The lowest BCUT2D eigenvalue weighted by Gasteiger charge is -2.12. The summed E-state index contributed by atoms with van der Waals surface area (Å²) in [4.78, 5) is 29.9. The van der Waals surface area contributed by atoms with E-state index in [0.717, 1.165) is 0 Å². The number of hydrogen-bond donors (Lipinski definition) is 3. The molecule has 1 atom stereocenters. The molecule has 4 aromatic rings. The predicted molar refractivity (Wildman–Crippen MR) is 137 cm³/mol. The van der Waals surface area contributed by atoms with Crippen LogP contribution in [0.5, 0.6) is 0 Å². The molecule has 2 aromatic carbocycles. The lowest BCUT2D eigenvalue weighted by atomic mass is 10.1. The molecule has 4 N–H and O–H groups in total. The maximum absolute atomic E-state index is 14.4. The molecular weight excluding hydrogens is 506 g/mol. The van der Waals surface area contributed by atoms with E-state index in [1.807, 2.05) is 6.07 Å². The van der Waals surface area contributed by atoms with Gasteiger partial charge in [-0.2, -0.15) is 5.10 Å². The van der Waals surface area contributed by atoms with Crippen molar-refractivity contribution in [1.82, 2.24) is 20.1 Å². The number of benzene rings is 2. The van der Waals surface area contributed by atoms with Crippen molar-refractivity contribution in [3.63, 3.8) is 0 Å². The minimum Gasteiger partial charge on any atom is -0.349 e. The number of nitrogens with two attached hydrogens (primary N) is 1. The Morgan fingerprint density at radius 1 is 1.06 bits per heavy atom. The predicted octanol–water partition coefficient (Wildman–Crippen LogP) is 4.71. The molecule has 36 heavy (non-hydrogen) atoms. The molecule has 0 aliphatic heterocycles. The molecule has 2 amide bonds. The SMILES string of the molecule is C[C@@H](N)CNC(=O)c1cc(NC(=O)c2cc(-c3ncccc3F)c(Cl)cc2Cl)n(-c2ccccc2)n1. The molecule has 184 valence electrons. The summed E-state index contributed by atoms with van der Waals surface area (Å²) in [6.45, 7) is 2.02. The van der Waals surface area contributed by atoms with Crippen molar-refractivity contribution < 1.29 is 14.0 Å². The Morgan fingerprint density at radius 3 is 2.50 bits per heavy atom.